The van der Waals surface area contributed by atoms with E-state index in [0.717, 1.165) is 11.1 Å². The van der Waals surface area contributed by atoms with Crippen molar-refractivity contribution in [3.05, 3.63) is 65.5 Å². The van der Waals surface area contributed by atoms with Crippen LogP contribution in [0.4, 0.5) is 10.1 Å². The molecule has 0 aliphatic carbocycles. The molecule has 7 nitrogen and oxygen atoms in total. The van der Waals surface area contributed by atoms with Gasteiger partial charge < -0.3 is 5.32 Å². The summed E-state index contributed by atoms with van der Waals surface area (Å²) in [5, 5.41) is 12.1. The van der Waals surface area contributed by atoms with Crippen LogP contribution in [0.5, 0.6) is 0 Å². The Labute approximate surface area is 182 Å². The molecule has 0 bridgehead atoms. The van der Waals surface area contributed by atoms with Crippen molar-refractivity contribution in [2.24, 2.45) is 9.98 Å². The van der Waals surface area contributed by atoms with Gasteiger partial charge in [-0.2, -0.15) is 5.26 Å². The smallest absolute Gasteiger partial charge is 0.259 e. The molecule has 0 aromatic heterocycles. The Kier molecular flexibility index (Phi) is 6.09. The second-order valence-corrected chi connectivity index (χ2v) is 7.88. The lowest BCUT2D eigenvalue weighted by Crippen LogP contribution is -2.41. The number of carbonyl (C=O) groups is 2. The van der Waals surface area contributed by atoms with Crippen molar-refractivity contribution in [1.29, 1.82) is 5.26 Å². The number of fused-ring (bicyclic) bond motifs is 3. The maximum absolute atomic E-state index is 13.0. The van der Waals surface area contributed by atoms with E-state index in [1.165, 1.54) is 28.8 Å². The first-order valence-corrected chi connectivity index (χ1v) is 10.7. The van der Waals surface area contributed by atoms with Gasteiger partial charge >= 0.3 is 0 Å². The quantitative estimate of drug-likeness (QED) is 0.754. The molecule has 2 aromatic rings. The Hall–Kier alpha value is -3.51. The van der Waals surface area contributed by atoms with Crippen LogP contribution in [0.25, 0.3) is 0 Å². The van der Waals surface area contributed by atoms with Gasteiger partial charge in [0.05, 0.1) is 17.5 Å². The van der Waals surface area contributed by atoms with Crippen molar-refractivity contribution >= 4 is 40.3 Å². The molecule has 1 N–H and O–H groups in total. The van der Waals surface area contributed by atoms with E-state index < -0.39 is 6.04 Å². The largest absolute Gasteiger partial charge is 0.352 e. The molecule has 2 amide bonds. The first kappa shape index (κ1) is 20.8. The summed E-state index contributed by atoms with van der Waals surface area (Å²) in [5.41, 5.74) is 2.24. The van der Waals surface area contributed by atoms with Gasteiger partial charge in [0, 0.05) is 18.5 Å². The van der Waals surface area contributed by atoms with Gasteiger partial charge in [0.2, 0.25) is 5.91 Å². The number of rotatable bonds is 6. The lowest BCUT2D eigenvalue weighted by Gasteiger charge is -2.25. The number of carbonyl (C=O) groups excluding carboxylic acids is 2. The van der Waals surface area contributed by atoms with Crippen molar-refractivity contribution in [2.75, 3.05) is 5.75 Å². The highest BCUT2D eigenvalue weighted by atomic mass is 32.2. The van der Waals surface area contributed by atoms with Gasteiger partial charge in [0.25, 0.3) is 5.91 Å². The maximum atomic E-state index is 13.0. The zero-order valence-electron chi connectivity index (χ0n) is 16.4. The predicted molar refractivity (Wildman–Crippen MR) is 116 cm³/mol. The number of amidine groups is 2. The summed E-state index contributed by atoms with van der Waals surface area (Å²) in [4.78, 5) is 35.8. The van der Waals surface area contributed by atoms with Gasteiger partial charge in [-0.25, -0.2) is 14.3 Å². The number of nitriles is 1. The van der Waals surface area contributed by atoms with Crippen molar-refractivity contribution < 1.29 is 14.0 Å². The average Bonchev–Trinajstić information content (AvgIpc) is 3.12. The lowest BCUT2D eigenvalue weighted by molar-refractivity contribution is -0.125. The number of nitrogens with zero attached hydrogens (tertiary/aromatic N) is 4. The Bertz CT molecular complexity index is 1120. The molecule has 0 saturated carbocycles. The Morgan fingerprint density at radius 3 is 2.77 bits per heavy atom. The molecule has 2 aliphatic rings. The molecule has 9 heteroatoms. The van der Waals surface area contributed by atoms with Crippen molar-refractivity contribution in [1.82, 2.24) is 10.2 Å². The lowest BCUT2D eigenvalue weighted by atomic mass is 10.1. The van der Waals surface area contributed by atoms with E-state index in [9.17, 15) is 14.0 Å². The molecule has 0 radical (unpaired) electrons. The Morgan fingerprint density at radius 1 is 1.23 bits per heavy atom. The SMILES string of the molecule is N#CCSC1=Nc2ccccc2C2=N[C@H](CCC(=O)NCc3ccc(F)cc3)C(=O)N12. The van der Waals surface area contributed by atoms with E-state index >= 15 is 0 Å². The number of para-hydroxylation sites is 1. The predicted octanol–water partition coefficient (Wildman–Crippen LogP) is 3.14. The summed E-state index contributed by atoms with van der Waals surface area (Å²) < 4.78 is 13.0. The van der Waals surface area contributed by atoms with Gasteiger partial charge in [-0.3, -0.25) is 14.6 Å². The van der Waals surface area contributed by atoms with Crippen LogP contribution >= 0.6 is 11.8 Å². The van der Waals surface area contributed by atoms with Crippen LogP contribution < -0.4 is 5.32 Å². The van der Waals surface area contributed by atoms with E-state index in [4.69, 9.17) is 5.26 Å². The fourth-order valence-corrected chi connectivity index (χ4v) is 4.00. The Balaban J connectivity index is 1.43. The number of thioether (sulfide) groups is 1. The molecule has 0 saturated heterocycles. The zero-order valence-corrected chi connectivity index (χ0v) is 17.2. The monoisotopic (exact) mass is 435 g/mol. The van der Waals surface area contributed by atoms with Crippen LogP contribution in [-0.2, 0) is 16.1 Å². The summed E-state index contributed by atoms with van der Waals surface area (Å²) in [7, 11) is 0. The van der Waals surface area contributed by atoms with Gasteiger partial charge in [-0.05, 0) is 36.2 Å². The first-order chi connectivity index (χ1) is 15.1. The Morgan fingerprint density at radius 2 is 2.00 bits per heavy atom. The van der Waals surface area contributed by atoms with Crippen molar-refractivity contribution in [2.45, 2.75) is 25.4 Å². The summed E-state index contributed by atoms with van der Waals surface area (Å²) in [5.74, 6) is -0.125. The second kappa shape index (κ2) is 9.10. The summed E-state index contributed by atoms with van der Waals surface area (Å²) in [6.07, 6.45) is 0.383. The average molecular weight is 435 g/mol. The van der Waals surface area contributed by atoms with Gasteiger partial charge in [0.1, 0.15) is 17.7 Å². The molecule has 0 fully saturated rings. The maximum Gasteiger partial charge on any atom is 0.259 e. The number of amides is 2. The third-order valence-corrected chi connectivity index (χ3v) is 5.67. The van der Waals surface area contributed by atoms with E-state index in [1.807, 2.05) is 30.3 Å². The third kappa shape index (κ3) is 4.49. The summed E-state index contributed by atoms with van der Waals surface area (Å²) in [6, 6.07) is 14.6. The van der Waals surface area contributed by atoms with Crippen molar-refractivity contribution in [3.8, 4) is 6.07 Å². The molecular formula is C22H18FN5O2S. The molecule has 0 unspecified atom stereocenters. The van der Waals surface area contributed by atoms with Crippen molar-refractivity contribution in [3.63, 3.8) is 0 Å². The minimum absolute atomic E-state index is 0.127. The standard InChI is InChI=1S/C22H18FN5O2S/c23-15-7-5-14(6-8-15)13-25-19(29)10-9-18-21(30)28-20(26-18)16-3-1-2-4-17(16)27-22(28)31-12-11-24/h1-8,18H,9-10,12-13H2,(H,25,29)/t18-/m1/s1. The first-order valence-electron chi connectivity index (χ1n) is 9.67. The second-order valence-electron chi connectivity index (χ2n) is 6.94. The number of hydrogen-bond acceptors (Lipinski definition) is 6. The molecular weight excluding hydrogens is 417 g/mol. The zero-order chi connectivity index (χ0) is 21.8. The highest BCUT2D eigenvalue weighted by Crippen LogP contribution is 2.34. The van der Waals surface area contributed by atoms with E-state index in [1.54, 1.807) is 12.1 Å². The molecule has 2 heterocycles. The van der Waals surface area contributed by atoms with Crippen LogP contribution in [-0.4, -0.2) is 39.5 Å². The van der Waals surface area contributed by atoms with Gasteiger partial charge in [-0.1, -0.05) is 36.0 Å². The number of hydrogen-bond donors (Lipinski definition) is 1. The minimum Gasteiger partial charge on any atom is -0.352 e. The minimum atomic E-state index is -0.689. The third-order valence-electron chi connectivity index (χ3n) is 4.86. The molecule has 0 spiro atoms. The molecule has 2 aliphatic heterocycles. The normalized spacial score (nSPS) is 16.7. The fraction of sp³-hybridized carbons (Fsp3) is 0.227. The summed E-state index contributed by atoms with van der Waals surface area (Å²) >= 11 is 1.18. The molecule has 4 rings (SSSR count). The van der Waals surface area contributed by atoms with E-state index in [2.05, 4.69) is 15.3 Å². The highest BCUT2D eigenvalue weighted by Gasteiger charge is 2.41. The highest BCUT2D eigenvalue weighted by molar-refractivity contribution is 8.14. The molecule has 156 valence electrons. The summed E-state index contributed by atoms with van der Waals surface area (Å²) in [6.45, 7) is 0.285. The number of halogens is 1. The van der Waals surface area contributed by atoms with Crippen LogP contribution in [0.3, 0.4) is 0 Å². The van der Waals surface area contributed by atoms with Crippen LogP contribution in [0, 0.1) is 17.1 Å². The molecule has 2 aromatic carbocycles. The number of benzene rings is 2. The molecule has 1 atom stereocenters. The van der Waals surface area contributed by atoms with E-state index in [-0.39, 0.29) is 42.8 Å². The fourth-order valence-electron chi connectivity index (χ4n) is 3.34. The number of nitrogens with one attached hydrogen (secondary N) is 1. The van der Waals surface area contributed by atoms with Crippen LogP contribution in [0.15, 0.2) is 58.5 Å². The van der Waals surface area contributed by atoms with Crippen LogP contribution in [0.1, 0.15) is 24.0 Å². The van der Waals surface area contributed by atoms with E-state index in [0.29, 0.717) is 16.7 Å². The molecule has 31 heavy (non-hydrogen) atoms. The topological polar surface area (TPSA) is 97.9 Å². The number of aliphatic imine (C=N–C) groups is 2. The van der Waals surface area contributed by atoms with Crippen LogP contribution in [0.2, 0.25) is 0 Å². The van der Waals surface area contributed by atoms with Gasteiger partial charge in [-0.15, -0.1) is 0 Å². The van der Waals surface area contributed by atoms with Gasteiger partial charge in [0.15, 0.2) is 5.17 Å².